The highest BCUT2D eigenvalue weighted by Gasteiger charge is 2.31. The third-order valence-corrected chi connectivity index (χ3v) is 6.71. The molecule has 0 unspecified atom stereocenters. The van der Waals surface area contributed by atoms with Gasteiger partial charge in [-0.15, -0.1) is 0 Å². The Balaban J connectivity index is 1.41. The van der Waals surface area contributed by atoms with Crippen molar-refractivity contribution in [1.29, 1.82) is 0 Å². The third-order valence-electron chi connectivity index (χ3n) is 6.71. The van der Waals surface area contributed by atoms with Gasteiger partial charge in [-0.25, -0.2) is 28.7 Å². The van der Waals surface area contributed by atoms with Gasteiger partial charge >= 0.3 is 0 Å². The molecule has 34 heavy (non-hydrogen) atoms. The fraction of sp³-hybridized carbons (Fsp3) is 0.400. The minimum atomic E-state index is -0.691. The van der Waals surface area contributed by atoms with Crippen LogP contribution in [-0.2, 0) is 4.74 Å². The van der Waals surface area contributed by atoms with Gasteiger partial charge < -0.3 is 4.74 Å². The summed E-state index contributed by atoms with van der Waals surface area (Å²) in [6, 6.07) is 3.99. The Hall–Kier alpha value is -3.33. The minimum Gasteiger partial charge on any atom is -0.373 e. The van der Waals surface area contributed by atoms with E-state index in [2.05, 4.69) is 21.3 Å². The molecule has 6 rings (SSSR count). The molecule has 0 N–H and O–H groups in total. The van der Waals surface area contributed by atoms with Crippen LogP contribution >= 0.6 is 0 Å². The van der Waals surface area contributed by atoms with E-state index in [1.165, 1.54) is 25.0 Å². The Morgan fingerprint density at radius 1 is 1.00 bits per heavy atom. The Bertz CT molecular complexity index is 1400. The Morgan fingerprint density at radius 2 is 1.82 bits per heavy atom. The molecule has 0 spiro atoms. The van der Waals surface area contributed by atoms with Crippen molar-refractivity contribution in [2.75, 3.05) is 6.61 Å². The lowest BCUT2D eigenvalue weighted by Gasteiger charge is -2.28. The number of rotatable bonds is 4. The lowest BCUT2D eigenvalue weighted by molar-refractivity contribution is 0.00396. The fourth-order valence-electron chi connectivity index (χ4n) is 4.50. The molecule has 1 saturated carbocycles. The summed E-state index contributed by atoms with van der Waals surface area (Å²) in [5.74, 6) is -0.759. The van der Waals surface area contributed by atoms with E-state index in [1.807, 2.05) is 24.7 Å². The standard InChI is InChI=1S/C25H24F2N6O/c1-13-14(2)30-25-23(29-13)22(19-6-3-17(26)10-20(19)27)31-24(32-25)15-7-8-34-21(9-15)16-11-28-33(12-16)18-4-5-18/h3,6,10-12,15,18,21H,4-5,7-9H2,1-2H3/t15-,21+/m0/s1. The van der Waals surface area contributed by atoms with Gasteiger partial charge in [0.25, 0.3) is 0 Å². The minimum absolute atomic E-state index is 0.00177. The van der Waals surface area contributed by atoms with Crippen LogP contribution in [0.4, 0.5) is 8.78 Å². The second-order valence-corrected chi connectivity index (χ2v) is 9.19. The highest BCUT2D eigenvalue weighted by Crippen LogP contribution is 2.40. The maximum absolute atomic E-state index is 14.8. The number of fused-ring (bicyclic) bond motifs is 1. The third kappa shape index (κ3) is 3.83. The zero-order valence-corrected chi connectivity index (χ0v) is 19.0. The summed E-state index contributed by atoms with van der Waals surface area (Å²) in [7, 11) is 0. The molecular formula is C25H24F2N6O. The van der Waals surface area contributed by atoms with Crippen LogP contribution in [0.2, 0.25) is 0 Å². The van der Waals surface area contributed by atoms with Gasteiger partial charge in [0, 0.05) is 35.9 Å². The summed E-state index contributed by atoms with van der Waals surface area (Å²) in [6.45, 7) is 4.26. The van der Waals surface area contributed by atoms with Crippen LogP contribution in [0, 0.1) is 25.5 Å². The van der Waals surface area contributed by atoms with Crippen LogP contribution in [0.5, 0.6) is 0 Å². The SMILES string of the molecule is Cc1nc2nc([C@H]3CCO[C@@H](c4cnn(C5CC5)c4)C3)nc(-c3ccc(F)cc3F)c2nc1C. The first-order valence-electron chi connectivity index (χ1n) is 11.6. The van der Waals surface area contributed by atoms with Crippen LogP contribution < -0.4 is 0 Å². The van der Waals surface area contributed by atoms with Crippen molar-refractivity contribution in [3.63, 3.8) is 0 Å². The number of aromatic nitrogens is 6. The number of benzene rings is 1. The van der Waals surface area contributed by atoms with Gasteiger partial charge in [0.15, 0.2) is 5.65 Å². The summed E-state index contributed by atoms with van der Waals surface area (Å²) in [6.07, 6.45) is 7.61. The topological polar surface area (TPSA) is 78.6 Å². The molecule has 0 amide bonds. The highest BCUT2D eigenvalue weighted by atomic mass is 19.1. The van der Waals surface area contributed by atoms with E-state index in [0.717, 1.165) is 23.7 Å². The van der Waals surface area contributed by atoms with Gasteiger partial charge in [0.1, 0.15) is 28.7 Å². The zero-order chi connectivity index (χ0) is 23.4. The zero-order valence-electron chi connectivity index (χ0n) is 19.0. The Morgan fingerprint density at radius 3 is 2.62 bits per heavy atom. The number of hydrogen-bond acceptors (Lipinski definition) is 6. The second kappa shape index (κ2) is 8.16. The molecule has 0 radical (unpaired) electrons. The summed E-state index contributed by atoms with van der Waals surface area (Å²) in [4.78, 5) is 18.7. The van der Waals surface area contributed by atoms with E-state index >= 15 is 0 Å². The number of hydrogen-bond donors (Lipinski definition) is 0. The van der Waals surface area contributed by atoms with Gasteiger partial charge in [-0.1, -0.05) is 0 Å². The van der Waals surface area contributed by atoms with Crippen molar-refractivity contribution >= 4 is 11.2 Å². The fourth-order valence-corrected chi connectivity index (χ4v) is 4.50. The Kier molecular flexibility index (Phi) is 5.09. The molecule has 3 aromatic heterocycles. The molecule has 2 aliphatic rings. The quantitative estimate of drug-likeness (QED) is 0.417. The molecule has 2 fully saturated rings. The molecule has 4 heterocycles. The van der Waals surface area contributed by atoms with E-state index < -0.39 is 11.6 Å². The van der Waals surface area contributed by atoms with Gasteiger partial charge in [0.2, 0.25) is 0 Å². The van der Waals surface area contributed by atoms with E-state index in [4.69, 9.17) is 14.7 Å². The van der Waals surface area contributed by atoms with E-state index in [1.54, 1.807) is 0 Å². The lowest BCUT2D eigenvalue weighted by atomic mass is 9.92. The molecule has 2 atom stereocenters. The maximum atomic E-state index is 14.8. The van der Waals surface area contributed by atoms with Crippen molar-refractivity contribution < 1.29 is 13.5 Å². The number of aryl methyl sites for hydroxylation is 2. The monoisotopic (exact) mass is 462 g/mol. The van der Waals surface area contributed by atoms with Gasteiger partial charge in [-0.2, -0.15) is 5.10 Å². The van der Waals surface area contributed by atoms with Crippen LogP contribution in [0.25, 0.3) is 22.4 Å². The predicted octanol–water partition coefficient (Wildman–Crippen LogP) is 5.15. The van der Waals surface area contributed by atoms with E-state index in [0.29, 0.717) is 47.4 Å². The molecule has 4 aromatic rings. The second-order valence-electron chi connectivity index (χ2n) is 9.19. The average molecular weight is 463 g/mol. The molecule has 1 aromatic carbocycles. The van der Waals surface area contributed by atoms with E-state index in [-0.39, 0.29) is 17.6 Å². The highest BCUT2D eigenvalue weighted by molar-refractivity contribution is 5.87. The summed E-state index contributed by atoms with van der Waals surface area (Å²) in [5, 5.41) is 4.50. The van der Waals surface area contributed by atoms with Crippen molar-refractivity contribution in [3.05, 3.63) is 65.0 Å². The number of ether oxygens (including phenoxy) is 1. The van der Waals surface area contributed by atoms with Crippen molar-refractivity contribution in [3.8, 4) is 11.3 Å². The first-order chi connectivity index (χ1) is 16.5. The van der Waals surface area contributed by atoms with Gasteiger partial charge in [-0.05, 0) is 51.7 Å². The van der Waals surface area contributed by atoms with Crippen molar-refractivity contribution in [1.82, 2.24) is 29.7 Å². The predicted molar refractivity (Wildman–Crippen MR) is 121 cm³/mol. The van der Waals surface area contributed by atoms with Crippen molar-refractivity contribution in [2.24, 2.45) is 0 Å². The normalized spacial score (nSPS) is 20.7. The first-order valence-corrected chi connectivity index (χ1v) is 11.6. The molecule has 7 nitrogen and oxygen atoms in total. The summed E-state index contributed by atoms with van der Waals surface area (Å²) < 4.78 is 36.5. The first kappa shape index (κ1) is 21.2. The Labute approximate surface area is 195 Å². The summed E-state index contributed by atoms with van der Waals surface area (Å²) >= 11 is 0. The molecular weight excluding hydrogens is 438 g/mol. The van der Waals surface area contributed by atoms with Crippen molar-refractivity contribution in [2.45, 2.75) is 57.6 Å². The number of nitrogens with zero attached hydrogens (tertiary/aromatic N) is 6. The van der Waals surface area contributed by atoms with Crippen LogP contribution in [0.3, 0.4) is 0 Å². The van der Waals surface area contributed by atoms with Crippen LogP contribution in [0.15, 0.2) is 30.6 Å². The molecule has 174 valence electrons. The molecule has 1 saturated heterocycles. The molecule has 0 bridgehead atoms. The molecule has 1 aliphatic carbocycles. The van der Waals surface area contributed by atoms with Crippen LogP contribution in [0.1, 0.15) is 66.5 Å². The lowest BCUT2D eigenvalue weighted by Crippen LogP contribution is -2.20. The van der Waals surface area contributed by atoms with Gasteiger partial charge in [0.05, 0.1) is 29.7 Å². The molecule has 1 aliphatic heterocycles. The van der Waals surface area contributed by atoms with Gasteiger partial charge in [-0.3, -0.25) is 4.68 Å². The average Bonchev–Trinajstić information content (AvgIpc) is 3.56. The maximum Gasteiger partial charge on any atom is 0.182 e. The van der Waals surface area contributed by atoms with E-state index in [9.17, 15) is 8.78 Å². The largest absolute Gasteiger partial charge is 0.373 e. The number of halogens is 2. The van der Waals surface area contributed by atoms with Crippen LogP contribution in [-0.4, -0.2) is 36.3 Å². The smallest absolute Gasteiger partial charge is 0.182 e. The summed E-state index contributed by atoms with van der Waals surface area (Å²) in [5.41, 5.74) is 3.85. The molecule has 9 heteroatoms.